The van der Waals surface area contributed by atoms with E-state index < -0.39 is 0 Å². The van der Waals surface area contributed by atoms with Crippen molar-refractivity contribution in [1.82, 2.24) is 63.7 Å². The average Bonchev–Trinajstić information content (AvgIpc) is 1.88. The minimum Gasteiger partial charge on any atom is -0.466 e. The Balaban J connectivity index is -0.000000194. The van der Waals surface area contributed by atoms with Crippen LogP contribution in [0.1, 0.15) is 410 Å². The Morgan fingerprint density at radius 1 is 0.343 bits per heavy atom. The standard InChI is InChI=1S/C15H29NO2.C13H25NO2.C12H25NO.C12H23NO.C10H20N2O.2C10H21NO.C9H18N2O.C9H20N2.C7H15NS.9CH4/c1-3-5-6-15(18)11-13-7-9-16(10-8-13)12-14(17)4-2;1-3-7-14-8-5-12(6-9-14)11-13(15)16-10-4-2;1-3-10-14-11-7-12-5-8-13(4-2)9-6-12;1-3-5-6-12(14)11-7-9-13(4-2)10-8-11;1-3-5-10(13)12-8-6-11(4-2)7-9-12;1-3-9-12-10-5-7-11(4-2)8-6-10;1-3-8-12-10-6-5-7-11(4-2)9-10;1-3-9(12)11-7-5-10(4-2)6-8-11;1-3-5-11-8-6-10(4-2)7-9-11;1-3-4-7-5-8(2)6-9-7;;;;;;;;;/h13-14,17H,3-12H2,1-2H3;12H,3-11H2,1-2H3;12H,3-11H2,1-2H3;11H,3-10H2,1-2H3;3-9H2,1-2H3;2*10H,3-9H2,1-2H3;3-8H2,1-2H3;3-9H2,1-2H3;7H,3-6H2,1-2H3;9*1H4. The van der Waals surface area contributed by atoms with Gasteiger partial charge in [-0.15, -0.1) is 11.8 Å². The van der Waals surface area contributed by atoms with Gasteiger partial charge in [-0.25, -0.2) is 0 Å². The zero-order valence-electron chi connectivity index (χ0n) is 89.8. The van der Waals surface area contributed by atoms with Gasteiger partial charge in [0, 0.05) is 193 Å². The van der Waals surface area contributed by atoms with Crippen LogP contribution < -0.4 is 0 Å². The number of β-amino-alcohol motifs (C(OH)–C–C–N with tert-alkyl or cyclic N) is 1. The van der Waals surface area contributed by atoms with Crippen LogP contribution in [0.5, 0.6) is 0 Å². The molecule has 0 saturated carbocycles. The molecule has 3 unspecified atom stereocenters. The number of likely N-dealkylation sites (N-methyl/N-ethyl adjacent to an activating group) is 4. The molecular weight excluding hydrogens is 1770 g/mol. The normalized spacial score (nSPS) is 19.9. The zero-order valence-corrected chi connectivity index (χ0v) is 90.6. The van der Waals surface area contributed by atoms with Crippen LogP contribution in [-0.4, -0.2) is 397 Å². The third kappa shape index (κ3) is 78.7. The number of likely N-dealkylation sites (tertiary alicyclic amines) is 6. The lowest BCUT2D eigenvalue weighted by Gasteiger charge is -2.34. The van der Waals surface area contributed by atoms with Crippen LogP contribution >= 0.6 is 11.8 Å². The fourth-order valence-corrected chi connectivity index (χ4v) is 19.8. The summed E-state index contributed by atoms with van der Waals surface area (Å²) in [5.41, 5.74) is 0. The number of aliphatic hydroxyl groups is 1. The maximum atomic E-state index is 11.7. The summed E-state index contributed by atoms with van der Waals surface area (Å²) in [7, 11) is 2.20. The summed E-state index contributed by atoms with van der Waals surface area (Å²) < 4.78 is 22.1. The Bertz CT molecular complexity index is 2590. The number of ether oxygens (including phenoxy) is 4. The molecule has 1 N–H and O–H groups in total. The van der Waals surface area contributed by atoms with Gasteiger partial charge in [-0.2, -0.15) is 0 Å². The smallest absolute Gasteiger partial charge is 0.306 e. The predicted octanol–water partition coefficient (Wildman–Crippen LogP) is 23.9. The summed E-state index contributed by atoms with van der Waals surface area (Å²) in [5, 5.41) is 10.6. The summed E-state index contributed by atoms with van der Waals surface area (Å²) in [6, 6.07) is 0. The van der Waals surface area contributed by atoms with Crippen molar-refractivity contribution in [3.63, 3.8) is 0 Å². The van der Waals surface area contributed by atoms with Crippen molar-refractivity contribution in [3.8, 4) is 0 Å². The van der Waals surface area contributed by atoms with E-state index in [0.717, 1.165) is 284 Å². The summed E-state index contributed by atoms with van der Waals surface area (Å²) in [6.45, 7) is 85.2. The molecule has 10 aliphatic heterocycles. The van der Waals surface area contributed by atoms with Crippen LogP contribution in [0.2, 0.25) is 0 Å². The topological polar surface area (TPSA) is 185 Å². The van der Waals surface area contributed by atoms with Gasteiger partial charge >= 0.3 is 5.97 Å². The molecular formula is C116H253N13O10S. The summed E-state index contributed by atoms with van der Waals surface area (Å²) in [5.74, 6) is 5.28. The Labute approximate surface area is 880 Å². The molecule has 0 radical (unpaired) electrons. The van der Waals surface area contributed by atoms with Crippen molar-refractivity contribution in [1.29, 1.82) is 0 Å². The maximum Gasteiger partial charge on any atom is 0.306 e. The van der Waals surface area contributed by atoms with Gasteiger partial charge in [-0.1, -0.05) is 218 Å². The van der Waals surface area contributed by atoms with E-state index in [-0.39, 0.29) is 78.9 Å². The molecule has 10 rings (SSSR count). The highest BCUT2D eigenvalue weighted by Gasteiger charge is 2.29. The molecule has 0 aromatic heterocycles. The second-order valence-corrected chi connectivity index (χ2v) is 40.0. The Hall–Kier alpha value is -2.50. The first kappa shape index (κ1) is 155. The fraction of sp³-hybridized carbons (Fsp3) is 0.957. The lowest BCUT2D eigenvalue weighted by molar-refractivity contribution is -0.145. The monoisotopic (exact) mass is 2020 g/mol. The maximum absolute atomic E-state index is 11.7. The number of Topliss-reactive ketones (excluding diaryl/α,β-unsaturated/α-hetero) is 2. The number of amides is 2. The van der Waals surface area contributed by atoms with Crippen molar-refractivity contribution in [2.75, 3.05) is 275 Å². The minimum absolute atomic E-state index is 0. The molecule has 0 aromatic carbocycles. The lowest BCUT2D eigenvalue weighted by atomic mass is 9.90. The highest BCUT2D eigenvalue weighted by atomic mass is 32.2. The third-order valence-corrected chi connectivity index (χ3v) is 29.3. The second kappa shape index (κ2) is 105. The van der Waals surface area contributed by atoms with E-state index in [1.54, 1.807) is 0 Å². The molecule has 10 heterocycles. The van der Waals surface area contributed by atoms with E-state index in [1.807, 2.05) is 30.6 Å². The zero-order chi connectivity index (χ0) is 96.9. The predicted molar refractivity (Wildman–Crippen MR) is 618 cm³/mol. The van der Waals surface area contributed by atoms with Crippen LogP contribution in [0.4, 0.5) is 0 Å². The molecule has 0 spiro atoms. The Morgan fingerprint density at radius 3 is 1.16 bits per heavy atom. The van der Waals surface area contributed by atoms with E-state index in [9.17, 15) is 29.1 Å². The Morgan fingerprint density at radius 2 is 0.743 bits per heavy atom. The quantitative estimate of drug-likeness (QED) is 0.0448. The number of hydrogen-bond donors (Lipinski definition) is 1. The Kier molecular flexibility index (Phi) is 116. The summed E-state index contributed by atoms with van der Waals surface area (Å²) in [4.78, 5) is 88.6. The van der Waals surface area contributed by atoms with Gasteiger partial charge in [0.25, 0.3) is 0 Å². The first-order valence-corrected chi connectivity index (χ1v) is 56.4. The first-order valence-electron chi connectivity index (χ1n) is 55.3. The van der Waals surface area contributed by atoms with Crippen LogP contribution in [0.25, 0.3) is 0 Å². The van der Waals surface area contributed by atoms with Crippen LogP contribution in [0, 0.1) is 23.7 Å². The van der Waals surface area contributed by atoms with Gasteiger partial charge in [0.15, 0.2) is 0 Å². The molecule has 3 atom stereocenters. The second-order valence-electron chi connectivity index (χ2n) is 38.7. The van der Waals surface area contributed by atoms with E-state index in [4.69, 9.17) is 18.9 Å². The van der Waals surface area contributed by atoms with Crippen LogP contribution in [-0.2, 0) is 42.9 Å². The molecule has 2 amide bonds. The van der Waals surface area contributed by atoms with Gasteiger partial charge in [-0.3, -0.25) is 28.9 Å². The van der Waals surface area contributed by atoms with E-state index in [1.165, 1.54) is 181 Å². The molecule has 10 aliphatic rings. The number of rotatable bonds is 43. The third-order valence-electron chi connectivity index (χ3n) is 27.8. The average molecular weight is 2020 g/mol. The number of carbonyl (C=O) groups is 5. The lowest BCUT2D eigenvalue weighted by Crippen LogP contribution is -2.48. The van der Waals surface area contributed by atoms with Crippen molar-refractivity contribution in [2.45, 2.75) is 434 Å². The number of piperidine rings is 6. The molecule has 24 heteroatoms. The van der Waals surface area contributed by atoms with Crippen molar-refractivity contribution in [3.05, 3.63) is 0 Å². The van der Waals surface area contributed by atoms with Crippen LogP contribution in [0.15, 0.2) is 0 Å². The van der Waals surface area contributed by atoms with Crippen molar-refractivity contribution >= 4 is 41.1 Å². The molecule has 0 bridgehead atoms. The molecule has 140 heavy (non-hydrogen) atoms. The number of nitrogens with zero attached hydrogens (tertiary/aromatic N) is 13. The SMILES string of the molecule is C.C.C.C.C.C.C.C.C.CCC(=O)N1CCN(CC)CC1.CCCC(=O)N1CCN(CC)CC1.CCCC1CN(C)CS1.CCCCC(=O)C1CCN(CC)CC1.CCCCC(=O)CC1CCN(CC(O)CC)CC1.CCCN1CCN(CC)CC1.CCCOC(=O)CC1CCN(CCC)CC1.CCCOC1CCCN(CC)C1.CCCOC1CCN(CC)CC1.CCCOCCC1CCN(CC)CC1. The summed E-state index contributed by atoms with van der Waals surface area (Å²) in [6.07, 6.45) is 36.8. The number of thioether (sulfide) groups is 1. The number of hydrogen-bond acceptors (Lipinski definition) is 22. The van der Waals surface area contributed by atoms with Gasteiger partial charge < -0.3 is 82.9 Å². The van der Waals surface area contributed by atoms with Gasteiger partial charge in [0.05, 0.1) is 24.9 Å². The first-order chi connectivity index (χ1) is 63.5. The number of piperazine rings is 3. The number of unbranched alkanes of at least 4 members (excludes halogenated alkanes) is 2. The van der Waals surface area contributed by atoms with Gasteiger partial charge in [0.1, 0.15) is 11.6 Å². The highest BCUT2D eigenvalue weighted by molar-refractivity contribution is 8.00. The molecule has 10 fully saturated rings. The number of esters is 1. The molecule has 848 valence electrons. The minimum atomic E-state index is -0.187. The van der Waals surface area contributed by atoms with E-state index >= 15 is 0 Å². The van der Waals surface area contributed by atoms with Gasteiger partial charge in [0.2, 0.25) is 11.8 Å². The molecule has 10 saturated heterocycles. The molecule has 0 aliphatic carbocycles. The highest BCUT2D eigenvalue weighted by Crippen LogP contribution is 2.27. The number of ketones is 2. The summed E-state index contributed by atoms with van der Waals surface area (Å²) >= 11 is 2.10. The van der Waals surface area contributed by atoms with Crippen molar-refractivity contribution in [2.24, 2.45) is 23.7 Å². The van der Waals surface area contributed by atoms with E-state index in [0.29, 0.717) is 79.2 Å². The molecule has 0 aromatic rings. The number of carbonyl (C=O) groups excluding carboxylic acids is 5. The number of aliphatic hydroxyl groups excluding tert-OH is 1. The van der Waals surface area contributed by atoms with E-state index in [2.05, 4.69) is 183 Å². The van der Waals surface area contributed by atoms with Crippen molar-refractivity contribution < 1.29 is 48.0 Å². The van der Waals surface area contributed by atoms with Crippen LogP contribution in [0.3, 0.4) is 0 Å². The van der Waals surface area contributed by atoms with Gasteiger partial charge in [-0.05, 0) is 297 Å². The fourth-order valence-electron chi connectivity index (χ4n) is 18.5. The largest absolute Gasteiger partial charge is 0.466 e. The molecule has 23 nitrogen and oxygen atoms in total.